The van der Waals surface area contributed by atoms with Crippen molar-refractivity contribution < 1.29 is 37.1 Å². The molecule has 3 aliphatic heterocycles. The predicted octanol–water partition coefficient (Wildman–Crippen LogP) is 5.09. The van der Waals surface area contributed by atoms with Crippen LogP contribution in [0.2, 0.25) is 0 Å². The van der Waals surface area contributed by atoms with Crippen LogP contribution in [0.25, 0.3) is 0 Å². The van der Waals surface area contributed by atoms with Gasteiger partial charge >= 0.3 is 6.18 Å². The van der Waals surface area contributed by atoms with E-state index in [4.69, 9.17) is 17.4 Å². The Morgan fingerprint density at radius 3 is 2.36 bits per heavy atom. The van der Waals surface area contributed by atoms with Gasteiger partial charge in [0.15, 0.2) is 0 Å². The number of thiol groups is 1. The highest BCUT2D eigenvalue weighted by Crippen LogP contribution is 2.43. The summed E-state index contributed by atoms with van der Waals surface area (Å²) in [4.78, 5) is 63.2. The molecule has 1 unspecified atom stereocenters. The number of benzene rings is 1. The molecular weight excluding hydrogens is 797 g/mol. The molecule has 316 valence electrons. The number of piperidine rings is 1. The number of hydrogen-bond donors (Lipinski definition) is 3. The maximum atomic E-state index is 13.7. The number of imide groups is 1. The number of piperazine rings is 1. The Bertz CT molecular complexity index is 1910. The van der Waals surface area contributed by atoms with Crippen molar-refractivity contribution in [2.24, 2.45) is 0 Å². The monoisotopic (exact) mass is 848 g/mol. The summed E-state index contributed by atoms with van der Waals surface area (Å²) in [5.41, 5.74) is -3.54. The van der Waals surface area contributed by atoms with Crippen molar-refractivity contribution >= 4 is 60.2 Å². The Kier molecular flexibility index (Phi) is 13.9. The third-order valence-electron chi connectivity index (χ3n) is 12.1. The van der Waals surface area contributed by atoms with Gasteiger partial charge in [-0.3, -0.25) is 44.1 Å². The first-order chi connectivity index (χ1) is 26.8. The number of amides is 4. The highest BCUT2D eigenvalue weighted by atomic mass is 35.5. The largest absolute Gasteiger partial charge is 0.417 e. The summed E-state index contributed by atoms with van der Waals surface area (Å²) in [7, 11) is 0. The molecule has 2 N–H and O–H groups in total. The summed E-state index contributed by atoms with van der Waals surface area (Å²) >= 11 is 4.76. The predicted molar refractivity (Wildman–Crippen MR) is 216 cm³/mol. The summed E-state index contributed by atoms with van der Waals surface area (Å²) < 4.78 is 47.6. The summed E-state index contributed by atoms with van der Waals surface area (Å²) in [5, 5.41) is 14.5. The number of nitriles is 1. The van der Waals surface area contributed by atoms with E-state index in [0.29, 0.717) is 24.4 Å². The van der Waals surface area contributed by atoms with E-state index < -0.39 is 33.8 Å². The summed E-state index contributed by atoms with van der Waals surface area (Å²) in [6.45, 7) is 12.5. The smallest absolute Gasteiger partial charge is 0.377 e. The van der Waals surface area contributed by atoms with Crippen LogP contribution in [0.5, 0.6) is 0 Å². The zero-order valence-electron chi connectivity index (χ0n) is 33.3. The van der Waals surface area contributed by atoms with Gasteiger partial charge in [0.1, 0.15) is 11.3 Å². The van der Waals surface area contributed by atoms with Crippen molar-refractivity contribution in [1.82, 2.24) is 25.0 Å². The van der Waals surface area contributed by atoms with Crippen LogP contribution in [0.4, 0.5) is 24.7 Å². The van der Waals surface area contributed by atoms with Crippen LogP contribution in [0.1, 0.15) is 89.8 Å². The van der Waals surface area contributed by atoms with Gasteiger partial charge in [-0.2, -0.15) is 18.4 Å². The molecule has 1 aromatic carbocycles. The first kappa shape index (κ1) is 45.3. The van der Waals surface area contributed by atoms with E-state index in [2.05, 4.69) is 39.3 Å². The lowest BCUT2D eigenvalue weighted by molar-refractivity contribution is -0.138. The number of anilines is 2. The maximum Gasteiger partial charge on any atom is 0.417 e. The number of carbonyl (C=O) groups excluding carboxylic acids is 4. The van der Waals surface area contributed by atoms with Gasteiger partial charge in [0.2, 0.25) is 23.6 Å². The minimum absolute atomic E-state index is 0. The molecule has 1 aromatic heterocycles. The SMILES string of the molecule is C[C@@H]1CN(CCOC2CCC(N3C(S)N(c4ccc(C#N)c(C(F)(F)F)c4)C(=O)C3(C)C)CC2)C[C@H](C)N1CC(=O)Nc1cc([C@]2(C)CCC(=O)NC2=O)ccn1.Cl. The quantitative estimate of drug-likeness (QED) is 0.218. The Morgan fingerprint density at radius 1 is 1.07 bits per heavy atom. The molecular formula is C40H52ClF3N8O5S. The van der Waals surface area contributed by atoms with Crippen LogP contribution in [-0.4, -0.2) is 111 Å². The molecule has 0 spiro atoms. The molecule has 18 heteroatoms. The van der Waals surface area contributed by atoms with Gasteiger partial charge in [-0.25, -0.2) is 4.98 Å². The van der Waals surface area contributed by atoms with E-state index in [1.54, 1.807) is 45.2 Å². The Labute approximate surface area is 348 Å². The van der Waals surface area contributed by atoms with Crippen LogP contribution in [0.3, 0.4) is 0 Å². The number of carbonyl (C=O) groups is 4. The number of rotatable bonds is 10. The van der Waals surface area contributed by atoms with Crippen molar-refractivity contribution in [3.8, 4) is 6.07 Å². The van der Waals surface area contributed by atoms with Crippen LogP contribution < -0.4 is 15.5 Å². The van der Waals surface area contributed by atoms with Crippen molar-refractivity contribution in [2.45, 2.75) is 120 Å². The third-order valence-corrected chi connectivity index (χ3v) is 12.6. The van der Waals surface area contributed by atoms with E-state index in [1.165, 1.54) is 11.0 Å². The lowest BCUT2D eigenvalue weighted by Crippen LogP contribution is -2.58. The topological polar surface area (TPSA) is 151 Å². The van der Waals surface area contributed by atoms with E-state index >= 15 is 0 Å². The first-order valence-corrected chi connectivity index (χ1v) is 20.0. The maximum absolute atomic E-state index is 13.7. The van der Waals surface area contributed by atoms with Gasteiger partial charge in [0.05, 0.1) is 47.4 Å². The van der Waals surface area contributed by atoms with E-state index in [-0.39, 0.29) is 78.9 Å². The molecule has 4 atom stereocenters. The van der Waals surface area contributed by atoms with Crippen molar-refractivity contribution in [3.05, 3.63) is 53.2 Å². The fourth-order valence-electron chi connectivity index (χ4n) is 8.90. The highest BCUT2D eigenvalue weighted by molar-refractivity contribution is 7.81. The average molecular weight is 849 g/mol. The second-order valence-electron chi connectivity index (χ2n) is 16.4. The number of alkyl halides is 3. The van der Waals surface area contributed by atoms with Crippen LogP contribution >= 0.6 is 25.0 Å². The molecule has 0 radical (unpaired) electrons. The third kappa shape index (κ3) is 9.32. The molecule has 2 aromatic rings. The Balaban J connectivity index is 0.00000641. The molecule has 1 saturated carbocycles. The zero-order valence-corrected chi connectivity index (χ0v) is 35.1. The van der Waals surface area contributed by atoms with Gasteiger partial charge in [-0.05, 0) is 103 Å². The normalized spacial score (nSPS) is 28.4. The van der Waals surface area contributed by atoms with Gasteiger partial charge in [-0.1, -0.05) is 0 Å². The number of ether oxygens (including phenoxy) is 1. The summed E-state index contributed by atoms with van der Waals surface area (Å²) in [6.07, 6.45) is 0.460. The number of halogens is 4. The first-order valence-electron chi connectivity index (χ1n) is 19.5. The number of nitrogens with one attached hydrogen (secondary N) is 2. The standard InChI is InChI=1S/C40H51F3N8O5S.ClH/c1-24-21-48(22-25(2)49(24)23-34(53)46-32-18-27(13-15-45-32)39(5)14-12-33(52)47-35(39)54)16-17-56-30-10-8-28(9-11-30)51-37(57)50(36(55)38(51,3)4)29-7-6-26(20-44)31(19-29)40(41,42)43;/h6-7,13,15,18-19,24-25,28,30,37,57H,8-12,14,16-17,21-23H2,1-5H3,(H,45,46,53)(H,47,52,54);1H/t24-,25+,28?,30?,37?,39-;/m0./s1. The summed E-state index contributed by atoms with van der Waals surface area (Å²) in [5.74, 6) is -0.862. The van der Waals surface area contributed by atoms with Gasteiger partial charge in [0, 0.05) is 56.1 Å². The molecule has 4 amide bonds. The number of pyridine rings is 1. The van der Waals surface area contributed by atoms with E-state index in [0.717, 1.165) is 57.5 Å². The lowest BCUT2D eigenvalue weighted by atomic mass is 9.76. The van der Waals surface area contributed by atoms with Gasteiger partial charge < -0.3 is 10.1 Å². The average Bonchev–Trinajstić information content (AvgIpc) is 3.33. The number of hydrogen-bond acceptors (Lipinski definition) is 11. The highest BCUT2D eigenvalue weighted by Gasteiger charge is 2.54. The minimum atomic E-state index is -4.75. The molecule has 4 aliphatic rings. The number of nitrogens with zero attached hydrogens (tertiary/aromatic N) is 6. The second-order valence-corrected chi connectivity index (χ2v) is 16.9. The van der Waals surface area contributed by atoms with Crippen LogP contribution in [0.15, 0.2) is 36.5 Å². The molecule has 1 aliphatic carbocycles. The van der Waals surface area contributed by atoms with Crippen molar-refractivity contribution in [1.29, 1.82) is 5.26 Å². The van der Waals surface area contributed by atoms with Crippen LogP contribution in [0, 0.1) is 11.3 Å². The molecule has 4 heterocycles. The van der Waals surface area contributed by atoms with Gasteiger partial charge in [0.25, 0.3) is 0 Å². The summed E-state index contributed by atoms with van der Waals surface area (Å²) in [6, 6.07) is 8.50. The fraction of sp³-hybridized carbons (Fsp3) is 0.600. The molecule has 3 saturated heterocycles. The Morgan fingerprint density at radius 2 is 1.74 bits per heavy atom. The molecule has 58 heavy (non-hydrogen) atoms. The van der Waals surface area contributed by atoms with Gasteiger partial charge in [-0.15, -0.1) is 25.0 Å². The molecule has 6 rings (SSSR count). The Hall–Kier alpha value is -3.79. The van der Waals surface area contributed by atoms with Crippen LogP contribution in [-0.2, 0) is 35.5 Å². The zero-order chi connectivity index (χ0) is 41.4. The molecule has 13 nitrogen and oxygen atoms in total. The van der Waals surface area contributed by atoms with E-state index in [1.807, 2.05) is 4.90 Å². The number of aromatic nitrogens is 1. The fourth-order valence-corrected chi connectivity index (χ4v) is 9.62. The second kappa shape index (κ2) is 17.8. The lowest BCUT2D eigenvalue weighted by Gasteiger charge is -2.44. The van der Waals surface area contributed by atoms with E-state index in [9.17, 15) is 37.6 Å². The molecule has 0 bridgehead atoms. The minimum Gasteiger partial charge on any atom is -0.377 e. The molecule has 4 fully saturated rings. The van der Waals surface area contributed by atoms with Crippen molar-refractivity contribution in [3.63, 3.8) is 0 Å². The van der Waals surface area contributed by atoms with Crippen molar-refractivity contribution in [2.75, 3.05) is 43.0 Å².